The molecule has 1 aromatic rings. The third-order valence-electron chi connectivity index (χ3n) is 4.68. The van der Waals surface area contributed by atoms with Crippen molar-refractivity contribution >= 4 is 11.9 Å². The summed E-state index contributed by atoms with van der Waals surface area (Å²) < 4.78 is 10.4. The van der Waals surface area contributed by atoms with Crippen LogP contribution in [-0.4, -0.2) is 25.2 Å². The Morgan fingerprint density at radius 1 is 0.880 bits per heavy atom. The van der Waals surface area contributed by atoms with Gasteiger partial charge in [-0.1, -0.05) is 57.0 Å². The maximum atomic E-state index is 12.5. The maximum absolute atomic E-state index is 12.5. The van der Waals surface area contributed by atoms with Crippen molar-refractivity contribution in [3.8, 4) is 0 Å². The number of carbonyl (C=O) groups is 2. The van der Waals surface area contributed by atoms with Crippen LogP contribution in [0.5, 0.6) is 0 Å². The van der Waals surface area contributed by atoms with E-state index in [1.54, 1.807) is 13.8 Å². The average Bonchev–Trinajstić information content (AvgIpc) is 2.61. The molecule has 0 radical (unpaired) electrons. The van der Waals surface area contributed by atoms with Crippen LogP contribution in [0, 0.1) is 17.8 Å². The van der Waals surface area contributed by atoms with Crippen molar-refractivity contribution in [2.24, 2.45) is 17.8 Å². The van der Waals surface area contributed by atoms with Gasteiger partial charge in [0.1, 0.15) is 0 Å². The lowest BCUT2D eigenvalue weighted by molar-refractivity contribution is -0.164. The first kappa shape index (κ1) is 21.2. The van der Waals surface area contributed by atoms with E-state index >= 15 is 0 Å². The van der Waals surface area contributed by atoms with E-state index in [9.17, 15) is 9.59 Å². The fourth-order valence-electron chi connectivity index (χ4n) is 3.25. The van der Waals surface area contributed by atoms with Gasteiger partial charge < -0.3 is 9.47 Å². The van der Waals surface area contributed by atoms with Crippen LogP contribution in [0.15, 0.2) is 30.3 Å². The maximum Gasteiger partial charge on any atom is 0.320 e. The predicted octanol–water partition coefficient (Wildman–Crippen LogP) is 4.41. The molecular weight excluding hydrogens is 316 g/mol. The van der Waals surface area contributed by atoms with Gasteiger partial charge in [-0.3, -0.25) is 9.59 Å². The first-order valence-corrected chi connectivity index (χ1v) is 9.44. The monoisotopic (exact) mass is 348 g/mol. The first-order chi connectivity index (χ1) is 12.1. The van der Waals surface area contributed by atoms with Gasteiger partial charge in [-0.05, 0) is 44.1 Å². The molecule has 1 aromatic carbocycles. The second-order valence-corrected chi connectivity index (χ2v) is 6.35. The van der Waals surface area contributed by atoms with Gasteiger partial charge >= 0.3 is 11.9 Å². The number of ether oxygens (including phenoxy) is 2. The zero-order valence-electron chi connectivity index (χ0n) is 16.0. The van der Waals surface area contributed by atoms with E-state index in [1.165, 1.54) is 0 Å². The third-order valence-corrected chi connectivity index (χ3v) is 4.68. The highest BCUT2D eigenvalue weighted by Gasteiger charge is 2.38. The van der Waals surface area contributed by atoms with Crippen molar-refractivity contribution in [2.75, 3.05) is 13.2 Å². The van der Waals surface area contributed by atoms with Crippen LogP contribution < -0.4 is 0 Å². The van der Waals surface area contributed by atoms with Crippen LogP contribution in [0.1, 0.15) is 52.5 Å². The van der Waals surface area contributed by atoms with Gasteiger partial charge in [-0.15, -0.1) is 0 Å². The van der Waals surface area contributed by atoms with E-state index in [0.29, 0.717) is 12.3 Å². The summed E-state index contributed by atoms with van der Waals surface area (Å²) in [6.07, 6.45) is 3.53. The molecule has 0 aromatic heterocycles. The molecule has 1 atom stereocenters. The Balaban J connectivity index is 3.11. The number of hydrogen-bond acceptors (Lipinski definition) is 4. The van der Waals surface area contributed by atoms with E-state index in [4.69, 9.17) is 9.47 Å². The van der Waals surface area contributed by atoms with E-state index in [1.807, 2.05) is 30.3 Å². The van der Waals surface area contributed by atoms with Crippen molar-refractivity contribution in [2.45, 2.75) is 53.4 Å². The fourth-order valence-corrected chi connectivity index (χ4v) is 3.25. The number of carbonyl (C=O) groups excluding carboxylic acids is 2. The predicted molar refractivity (Wildman–Crippen MR) is 99.1 cm³/mol. The molecule has 0 amide bonds. The summed E-state index contributed by atoms with van der Waals surface area (Å²) in [4.78, 5) is 25.1. The number of hydrogen-bond donors (Lipinski definition) is 0. The number of benzene rings is 1. The van der Waals surface area contributed by atoms with Gasteiger partial charge in [0.25, 0.3) is 0 Å². The standard InChI is InChI=1S/C21H32O4/c1-5-16(6-2)14-18(15-17-12-10-9-11-13-17)19(20(22)24-7-3)21(23)25-8-4/h9-13,16,18-19H,5-8,14-15H2,1-4H3. The number of esters is 2. The molecule has 0 aliphatic rings. The highest BCUT2D eigenvalue weighted by Crippen LogP contribution is 2.30. The quantitative estimate of drug-likeness (QED) is 0.439. The molecule has 0 spiro atoms. The van der Waals surface area contributed by atoms with Crippen LogP contribution >= 0.6 is 0 Å². The minimum Gasteiger partial charge on any atom is -0.465 e. The summed E-state index contributed by atoms with van der Waals surface area (Å²) in [5.41, 5.74) is 1.12. The van der Waals surface area contributed by atoms with E-state index in [-0.39, 0.29) is 19.1 Å². The van der Waals surface area contributed by atoms with Crippen LogP contribution in [-0.2, 0) is 25.5 Å². The summed E-state index contributed by atoms with van der Waals surface area (Å²) in [6, 6.07) is 9.99. The molecule has 140 valence electrons. The van der Waals surface area contributed by atoms with Crippen LogP contribution in [0.4, 0.5) is 0 Å². The summed E-state index contributed by atoms with van der Waals surface area (Å²) in [6.45, 7) is 8.34. The van der Waals surface area contributed by atoms with Gasteiger partial charge in [0.15, 0.2) is 5.92 Å². The van der Waals surface area contributed by atoms with Crippen molar-refractivity contribution < 1.29 is 19.1 Å². The van der Waals surface area contributed by atoms with Crippen molar-refractivity contribution in [1.82, 2.24) is 0 Å². The Hall–Kier alpha value is -1.84. The molecule has 0 saturated heterocycles. The molecule has 4 nitrogen and oxygen atoms in total. The summed E-state index contributed by atoms with van der Waals surface area (Å²) in [5, 5.41) is 0. The van der Waals surface area contributed by atoms with Crippen LogP contribution in [0.25, 0.3) is 0 Å². The lowest BCUT2D eigenvalue weighted by atomic mass is 9.79. The molecule has 0 aliphatic heterocycles. The van der Waals surface area contributed by atoms with Gasteiger partial charge in [0, 0.05) is 0 Å². The molecule has 25 heavy (non-hydrogen) atoms. The minimum atomic E-state index is -0.860. The Morgan fingerprint density at radius 2 is 1.40 bits per heavy atom. The molecule has 4 heteroatoms. The minimum absolute atomic E-state index is 0.120. The van der Waals surface area contributed by atoms with Crippen LogP contribution in [0.2, 0.25) is 0 Å². The smallest absolute Gasteiger partial charge is 0.320 e. The Labute approximate surface area is 151 Å². The van der Waals surface area contributed by atoms with Crippen molar-refractivity contribution in [3.05, 3.63) is 35.9 Å². The van der Waals surface area contributed by atoms with Gasteiger partial charge in [-0.2, -0.15) is 0 Å². The van der Waals surface area contributed by atoms with Gasteiger partial charge in [0.2, 0.25) is 0 Å². The summed E-state index contributed by atoms with van der Waals surface area (Å²) in [7, 11) is 0. The van der Waals surface area contributed by atoms with Gasteiger partial charge in [-0.25, -0.2) is 0 Å². The zero-order valence-corrected chi connectivity index (χ0v) is 16.0. The molecule has 0 saturated carbocycles. The zero-order chi connectivity index (χ0) is 18.7. The normalized spacial score (nSPS) is 12.2. The Morgan fingerprint density at radius 3 is 1.84 bits per heavy atom. The third kappa shape index (κ3) is 6.89. The second kappa shape index (κ2) is 11.7. The van der Waals surface area contributed by atoms with Crippen LogP contribution in [0.3, 0.4) is 0 Å². The average molecular weight is 348 g/mol. The second-order valence-electron chi connectivity index (χ2n) is 6.35. The molecule has 1 unspecified atom stereocenters. The number of rotatable bonds is 11. The van der Waals surface area contributed by atoms with E-state index < -0.39 is 17.9 Å². The molecule has 1 rings (SSSR count). The molecule has 0 heterocycles. The highest BCUT2D eigenvalue weighted by atomic mass is 16.6. The Kier molecular flexibility index (Phi) is 9.90. The van der Waals surface area contributed by atoms with Crippen molar-refractivity contribution in [1.29, 1.82) is 0 Å². The highest BCUT2D eigenvalue weighted by molar-refractivity contribution is 5.95. The molecule has 0 fully saturated rings. The van der Waals surface area contributed by atoms with Gasteiger partial charge in [0.05, 0.1) is 13.2 Å². The largest absolute Gasteiger partial charge is 0.465 e. The lowest BCUT2D eigenvalue weighted by Crippen LogP contribution is -2.36. The van der Waals surface area contributed by atoms with E-state index in [2.05, 4.69) is 13.8 Å². The van der Waals surface area contributed by atoms with E-state index in [0.717, 1.165) is 24.8 Å². The molecular formula is C21H32O4. The summed E-state index contributed by atoms with van der Waals surface area (Å²) >= 11 is 0. The Bertz CT molecular complexity index is 490. The fraction of sp³-hybridized carbons (Fsp3) is 0.619. The first-order valence-electron chi connectivity index (χ1n) is 9.44. The summed E-state index contributed by atoms with van der Waals surface area (Å²) in [5.74, 6) is -1.44. The molecule has 0 bridgehead atoms. The van der Waals surface area contributed by atoms with Crippen molar-refractivity contribution in [3.63, 3.8) is 0 Å². The molecule has 0 N–H and O–H groups in total. The topological polar surface area (TPSA) is 52.6 Å². The SMILES string of the molecule is CCOC(=O)C(C(=O)OCC)C(Cc1ccccc1)CC(CC)CC. The molecule has 0 aliphatic carbocycles. The lowest BCUT2D eigenvalue weighted by Gasteiger charge is -2.27.